The number of halogens is 1. The molecule has 148 valence electrons. The van der Waals surface area contributed by atoms with E-state index in [1.807, 2.05) is 13.0 Å². The molecule has 0 spiro atoms. The number of benzene rings is 2. The molecule has 0 saturated carbocycles. The van der Waals surface area contributed by atoms with E-state index in [4.69, 9.17) is 10.8 Å². The van der Waals surface area contributed by atoms with Crippen molar-refractivity contribution in [3.8, 4) is 0 Å². The highest BCUT2D eigenvalue weighted by Crippen LogP contribution is 2.39. The topological polar surface area (TPSA) is 83.6 Å². The van der Waals surface area contributed by atoms with E-state index in [1.165, 1.54) is 31.4 Å². The van der Waals surface area contributed by atoms with Gasteiger partial charge in [0.05, 0.1) is 11.5 Å². The second-order valence-electron chi connectivity index (χ2n) is 7.35. The summed E-state index contributed by atoms with van der Waals surface area (Å²) >= 11 is 3.56. The molecule has 1 fully saturated rings. The van der Waals surface area contributed by atoms with Gasteiger partial charge in [0.1, 0.15) is 0 Å². The summed E-state index contributed by atoms with van der Waals surface area (Å²) in [5.41, 5.74) is 8.93. The zero-order chi connectivity index (χ0) is 20.3. The Hall–Kier alpha value is -2.34. The first-order valence-corrected chi connectivity index (χ1v) is 10.3. The first-order chi connectivity index (χ1) is 13.4. The Bertz CT molecular complexity index is 861. The molecular weight excluding hydrogens is 420 g/mol. The number of carbonyl (C=O) groups is 2. The van der Waals surface area contributed by atoms with Gasteiger partial charge in [0.15, 0.2) is 0 Å². The van der Waals surface area contributed by atoms with Crippen molar-refractivity contribution in [3.05, 3.63) is 63.6 Å². The van der Waals surface area contributed by atoms with Crippen LogP contribution in [0.5, 0.6) is 0 Å². The van der Waals surface area contributed by atoms with Gasteiger partial charge in [0.25, 0.3) is 0 Å². The van der Waals surface area contributed by atoms with Crippen molar-refractivity contribution in [2.75, 3.05) is 18.0 Å². The second-order valence-corrected chi connectivity index (χ2v) is 8.26. The number of nitrogens with two attached hydrogens (primary N) is 1. The molecule has 6 heteroatoms. The number of carboxylic acid groups (broad SMARTS) is 1. The average Bonchev–Trinajstić information content (AvgIpc) is 2.68. The van der Waals surface area contributed by atoms with E-state index >= 15 is 0 Å². The zero-order valence-corrected chi connectivity index (χ0v) is 17.5. The number of carboxylic acids is 1. The van der Waals surface area contributed by atoms with Crippen molar-refractivity contribution in [2.45, 2.75) is 38.0 Å². The van der Waals surface area contributed by atoms with Crippen LogP contribution in [0, 0.1) is 0 Å². The van der Waals surface area contributed by atoms with Crippen LogP contribution in [0.2, 0.25) is 0 Å². The maximum Gasteiger partial charge on any atom is 0.335 e. The van der Waals surface area contributed by atoms with Crippen LogP contribution in [-0.2, 0) is 4.79 Å². The van der Waals surface area contributed by atoms with Gasteiger partial charge in [-0.3, -0.25) is 4.79 Å². The van der Waals surface area contributed by atoms with Crippen LogP contribution in [0.25, 0.3) is 0 Å². The van der Waals surface area contributed by atoms with Crippen LogP contribution >= 0.6 is 15.9 Å². The molecule has 2 aromatic carbocycles. The number of carbonyl (C=O) groups excluding carboxylic acids is 1. The fraction of sp³-hybridized carbons (Fsp3) is 0.364. The molecule has 0 aromatic heterocycles. The number of nitrogens with zero attached hydrogens (tertiary/aromatic N) is 1. The lowest BCUT2D eigenvalue weighted by Gasteiger charge is -2.33. The minimum Gasteiger partial charge on any atom is -0.478 e. The number of piperidine rings is 1. The van der Waals surface area contributed by atoms with Gasteiger partial charge in [0.2, 0.25) is 5.91 Å². The molecule has 1 amide bonds. The fourth-order valence-electron chi connectivity index (χ4n) is 4.02. The van der Waals surface area contributed by atoms with Crippen molar-refractivity contribution < 1.29 is 14.7 Å². The number of primary amides is 1. The van der Waals surface area contributed by atoms with Crippen LogP contribution < -0.4 is 10.6 Å². The normalized spacial score (nSPS) is 16.4. The Labute approximate surface area is 173 Å². The van der Waals surface area contributed by atoms with Crippen LogP contribution in [0.4, 0.5) is 5.69 Å². The molecular formula is C22H25BrN2O3. The molecule has 1 saturated heterocycles. The molecule has 0 aliphatic carbocycles. The predicted molar refractivity (Wildman–Crippen MR) is 114 cm³/mol. The Balaban J connectivity index is 1.99. The van der Waals surface area contributed by atoms with Gasteiger partial charge >= 0.3 is 5.97 Å². The minimum absolute atomic E-state index is 0.150. The van der Waals surface area contributed by atoms with Gasteiger partial charge < -0.3 is 15.7 Å². The minimum atomic E-state index is -0.991. The van der Waals surface area contributed by atoms with Gasteiger partial charge in [-0.05, 0) is 66.6 Å². The van der Waals surface area contributed by atoms with E-state index < -0.39 is 17.8 Å². The molecule has 2 unspecified atom stereocenters. The first kappa shape index (κ1) is 20.4. The van der Waals surface area contributed by atoms with E-state index in [-0.39, 0.29) is 11.5 Å². The Morgan fingerprint density at radius 1 is 1.07 bits per heavy atom. The maximum atomic E-state index is 12.4. The number of hydrogen-bond donors (Lipinski definition) is 2. The highest BCUT2D eigenvalue weighted by Gasteiger charge is 2.29. The largest absolute Gasteiger partial charge is 0.478 e. The third kappa shape index (κ3) is 4.38. The van der Waals surface area contributed by atoms with Gasteiger partial charge in [-0.2, -0.15) is 0 Å². The lowest BCUT2D eigenvalue weighted by molar-refractivity contribution is -0.119. The summed E-state index contributed by atoms with van der Waals surface area (Å²) in [5, 5.41) is 9.12. The average molecular weight is 445 g/mol. The van der Waals surface area contributed by atoms with E-state index in [1.54, 1.807) is 12.1 Å². The number of rotatable bonds is 6. The summed E-state index contributed by atoms with van der Waals surface area (Å²) in [6, 6.07) is 12.6. The van der Waals surface area contributed by atoms with Crippen molar-refractivity contribution in [1.29, 1.82) is 0 Å². The van der Waals surface area contributed by atoms with Crippen molar-refractivity contribution in [1.82, 2.24) is 0 Å². The van der Waals surface area contributed by atoms with Gasteiger partial charge in [-0.25, -0.2) is 4.79 Å². The van der Waals surface area contributed by atoms with Gasteiger partial charge in [-0.1, -0.05) is 35.0 Å². The summed E-state index contributed by atoms with van der Waals surface area (Å²) in [5.74, 6) is -2.10. The quantitative estimate of drug-likeness (QED) is 0.686. The summed E-state index contributed by atoms with van der Waals surface area (Å²) in [7, 11) is 0. The number of anilines is 1. The predicted octanol–water partition coefficient (Wildman–Crippen LogP) is 4.51. The maximum absolute atomic E-state index is 12.4. The van der Waals surface area contributed by atoms with Crippen LogP contribution in [-0.4, -0.2) is 30.1 Å². The highest BCUT2D eigenvalue weighted by atomic mass is 79.9. The molecule has 1 heterocycles. The molecule has 0 bridgehead atoms. The monoisotopic (exact) mass is 444 g/mol. The molecule has 3 N–H and O–H groups in total. The lowest BCUT2D eigenvalue weighted by Crippen LogP contribution is -2.32. The molecule has 5 nitrogen and oxygen atoms in total. The van der Waals surface area contributed by atoms with E-state index in [2.05, 4.69) is 33.0 Å². The first-order valence-electron chi connectivity index (χ1n) is 9.55. The molecule has 1 aliphatic rings. The second kappa shape index (κ2) is 8.78. The van der Waals surface area contributed by atoms with Gasteiger partial charge in [-0.15, -0.1) is 0 Å². The van der Waals surface area contributed by atoms with Crippen molar-refractivity contribution >= 4 is 33.5 Å². The smallest absolute Gasteiger partial charge is 0.335 e. The summed E-state index contributed by atoms with van der Waals surface area (Å²) < 4.78 is 0.958. The number of aromatic carboxylic acids is 1. The Morgan fingerprint density at radius 3 is 2.29 bits per heavy atom. The lowest BCUT2D eigenvalue weighted by atomic mass is 9.81. The summed E-state index contributed by atoms with van der Waals surface area (Å²) in [6.45, 7) is 4.03. The molecule has 2 aromatic rings. The highest BCUT2D eigenvalue weighted by molar-refractivity contribution is 9.10. The number of amides is 1. The molecule has 2 atom stereocenters. The van der Waals surface area contributed by atoms with E-state index in [0.29, 0.717) is 0 Å². The fourth-order valence-corrected chi connectivity index (χ4v) is 4.40. The number of hydrogen-bond acceptors (Lipinski definition) is 3. The SMILES string of the molecule is CC(c1cc(Br)ccc1N1CCCCC1)C(C(N)=O)c1ccc(C(=O)O)cc1. The Morgan fingerprint density at radius 2 is 1.71 bits per heavy atom. The molecule has 0 radical (unpaired) electrons. The molecule has 28 heavy (non-hydrogen) atoms. The Kier molecular flexibility index (Phi) is 6.39. The van der Waals surface area contributed by atoms with Crippen molar-refractivity contribution in [2.24, 2.45) is 5.73 Å². The van der Waals surface area contributed by atoms with Crippen LogP contribution in [0.15, 0.2) is 46.9 Å². The van der Waals surface area contributed by atoms with Gasteiger partial charge in [0, 0.05) is 23.2 Å². The molecule has 1 aliphatic heterocycles. The third-order valence-corrected chi connectivity index (χ3v) is 5.99. The van der Waals surface area contributed by atoms with Crippen LogP contribution in [0.3, 0.4) is 0 Å². The van der Waals surface area contributed by atoms with E-state index in [9.17, 15) is 9.59 Å². The standard InChI is InChI=1S/C22H25BrN2O3/c1-14(20(21(24)26)15-5-7-16(8-6-15)22(27)28)18-13-17(23)9-10-19(18)25-11-3-2-4-12-25/h5-10,13-14,20H,2-4,11-12H2,1H3,(H2,24,26)(H,27,28). The molecule has 3 rings (SSSR count). The third-order valence-electron chi connectivity index (χ3n) is 5.50. The summed E-state index contributed by atoms with van der Waals surface area (Å²) in [4.78, 5) is 25.9. The van der Waals surface area contributed by atoms with Crippen LogP contribution in [0.1, 0.15) is 59.5 Å². The van der Waals surface area contributed by atoms with Crippen molar-refractivity contribution in [3.63, 3.8) is 0 Å². The zero-order valence-electron chi connectivity index (χ0n) is 15.9. The summed E-state index contributed by atoms with van der Waals surface area (Å²) in [6.07, 6.45) is 3.58. The van der Waals surface area contributed by atoms with E-state index in [0.717, 1.165) is 34.4 Å².